The summed E-state index contributed by atoms with van der Waals surface area (Å²) in [4.78, 5) is 28.9. The molecule has 90 valence electrons. The van der Waals surface area contributed by atoms with Crippen molar-refractivity contribution < 1.29 is 18.9 Å². The number of phosphoric acid groups is 1. The molecule has 0 unspecified atom stereocenters. The van der Waals surface area contributed by atoms with Crippen LogP contribution in [0.3, 0.4) is 0 Å². The number of fused-ring (bicyclic) bond motifs is 1. The maximum absolute atomic E-state index is 11.5. The fraction of sp³-hybridized carbons (Fsp3) is 0. The van der Waals surface area contributed by atoms with Gasteiger partial charge in [-0.2, -0.15) is 0 Å². The van der Waals surface area contributed by atoms with Crippen LogP contribution in [0.1, 0.15) is 0 Å². The summed E-state index contributed by atoms with van der Waals surface area (Å²) in [7, 11) is -4.75. The molecule has 9 heteroatoms. The van der Waals surface area contributed by atoms with Gasteiger partial charge in [0.15, 0.2) is 0 Å². The molecule has 0 aliphatic heterocycles. The van der Waals surface area contributed by atoms with Crippen molar-refractivity contribution in [3.05, 3.63) is 28.6 Å². The first-order valence-corrected chi connectivity index (χ1v) is 5.93. The van der Waals surface area contributed by atoms with Crippen LogP contribution in [0.4, 0.5) is 5.69 Å². The standard InChI is InChI=1S/C8H8N3O5P/c9-5-3-1-2-4-6(5)7(12)10-11-8(4)16-17(13,14)15/h1-3H,9H2,(H,10,12)(H2,13,14,15). The molecule has 1 aromatic carbocycles. The van der Waals surface area contributed by atoms with Gasteiger partial charge in [-0.1, -0.05) is 6.07 Å². The Hall–Kier alpha value is -1.89. The van der Waals surface area contributed by atoms with Crippen molar-refractivity contribution in [1.29, 1.82) is 0 Å². The van der Waals surface area contributed by atoms with E-state index in [0.717, 1.165) is 0 Å². The van der Waals surface area contributed by atoms with Crippen LogP contribution in [0, 0.1) is 0 Å². The molecule has 8 nitrogen and oxygen atoms in total. The van der Waals surface area contributed by atoms with E-state index in [2.05, 4.69) is 14.7 Å². The molecule has 0 radical (unpaired) electrons. The van der Waals surface area contributed by atoms with Crippen LogP contribution in [0.15, 0.2) is 23.0 Å². The van der Waals surface area contributed by atoms with E-state index in [0.29, 0.717) is 0 Å². The second-order valence-corrected chi connectivity index (χ2v) is 4.37. The lowest BCUT2D eigenvalue weighted by Gasteiger charge is -2.08. The number of aromatic nitrogens is 2. The van der Waals surface area contributed by atoms with Crippen LogP contribution < -0.4 is 15.8 Å². The first-order chi connectivity index (χ1) is 7.88. The summed E-state index contributed by atoms with van der Waals surface area (Å²) in [6.07, 6.45) is 0. The lowest BCUT2D eigenvalue weighted by Crippen LogP contribution is -2.11. The molecule has 1 aromatic heterocycles. The lowest BCUT2D eigenvalue weighted by molar-refractivity contribution is 0.279. The Morgan fingerprint density at radius 1 is 1.41 bits per heavy atom. The minimum atomic E-state index is -4.75. The van der Waals surface area contributed by atoms with E-state index in [1.807, 2.05) is 0 Å². The molecule has 0 amide bonds. The van der Waals surface area contributed by atoms with Crippen LogP contribution >= 0.6 is 7.82 Å². The number of nitrogens with two attached hydrogens (primary N) is 1. The van der Waals surface area contributed by atoms with Crippen LogP contribution in [-0.4, -0.2) is 20.0 Å². The predicted octanol–water partition coefficient (Wildman–Crippen LogP) is -0.0232. The first-order valence-electron chi connectivity index (χ1n) is 4.40. The third-order valence-corrected chi connectivity index (χ3v) is 2.43. The highest BCUT2D eigenvalue weighted by Crippen LogP contribution is 2.39. The number of nitrogens with zero attached hydrogens (tertiary/aromatic N) is 1. The maximum Gasteiger partial charge on any atom is 0.526 e. The number of benzene rings is 1. The molecule has 0 saturated carbocycles. The molecule has 1 heterocycles. The highest BCUT2D eigenvalue weighted by Gasteiger charge is 2.20. The average molecular weight is 257 g/mol. The molecule has 0 aliphatic rings. The van der Waals surface area contributed by atoms with E-state index in [1.54, 1.807) is 0 Å². The molecule has 17 heavy (non-hydrogen) atoms. The SMILES string of the molecule is Nc1cccc2c(OP(=O)(O)O)n[nH]c(=O)c12. The first kappa shape index (κ1) is 11.6. The molecular weight excluding hydrogens is 249 g/mol. The summed E-state index contributed by atoms with van der Waals surface area (Å²) in [5.74, 6) is -0.375. The lowest BCUT2D eigenvalue weighted by atomic mass is 10.1. The van der Waals surface area contributed by atoms with Gasteiger partial charge < -0.3 is 10.3 Å². The van der Waals surface area contributed by atoms with Crippen LogP contribution in [0.2, 0.25) is 0 Å². The minimum absolute atomic E-state index is 0.0750. The Balaban J connectivity index is 2.76. The van der Waals surface area contributed by atoms with E-state index in [4.69, 9.17) is 15.5 Å². The molecule has 5 N–H and O–H groups in total. The number of phosphoric ester groups is 1. The zero-order chi connectivity index (χ0) is 12.6. The molecular formula is C8H8N3O5P. The Bertz CT molecular complexity index is 676. The number of nitrogens with one attached hydrogen (secondary N) is 1. The molecule has 0 bridgehead atoms. The monoisotopic (exact) mass is 257 g/mol. The van der Waals surface area contributed by atoms with E-state index in [9.17, 15) is 9.36 Å². The molecule has 0 fully saturated rings. The largest absolute Gasteiger partial charge is 0.526 e. The topological polar surface area (TPSA) is 139 Å². The summed E-state index contributed by atoms with van der Waals surface area (Å²) in [5.41, 5.74) is 5.20. The van der Waals surface area contributed by atoms with Gasteiger partial charge in [-0.3, -0.25) is 14.6 Å². The van der Waals surface area contributed by atoms with E-state index in [-0.39, 0.29) is 22.3 Å². The number of hydrogen-bond donors (Lipinski definition) is 4. The molecule has 0 spiro atoms. The van der Waals surface area contributed by atoms with Crippen LogP contribution in [0.25, 0.3) is 10.8 Å². The zero-order valence-electron chi connectivity index (χ0n) is 8.32. The smallest absolute Gasteiger partial charge is 0.398 e. The summed E-state index contributed by atoms with van der Waals surface area (Å²) in [6, 6.07) is 4.43. The minimum Gasteiger partial charge on any atom is -0.398 e. The highest BCUT2D eigenvalue weighted by atomic mass is 31.2. The van der Waals surface area contributed by atoms with Crippen molar-refractivity contribution in [1.82, 2.24) is 10.2 Å². The summed E-state index contributed by atoms with van der Waals surface area (Å²) >= 11 is 0. The van der Waals surface area contributed by atoms with Crippen molar-refractivity contribution in [3.63, 3.8) is 0 Å². The number of nitrogen functional groups attached to an aromatic ring is 1. The fourth-order valence-electron chi connectivity index (χ4n) is 1.40. The third-order valence-electron chi connectivity index (χ3n) is 2.02. The number of H-pyrrole nitrogens is 1. The Kier molecular flexibility index (Phi) is 2.62. The van der Waals surface area contributed by atoms with Gasteiger partial charge in [-0.05, 0) is 12.1 Å². The van der Waals surface area contributed by atoms with E-state index in [1.165, 1.54) is 18.2 Å². The Morgan fingerprint density at radius 3 is 2.76 bits per heavy atom. The second-order valence-electron chi connectivity index (χ2n) is 3.21. The van der Waals surface area contributed by atoms with Crippen LogP contribution in [0.5, 0.6) is 5.88 Å². The van der Waals surface area contributed by atoms with E-state index < -0.39 is 13.4 Å². The molecule has 2 aromatic rings. The summed E-state index contributed by atoms with van der Waals surface area (Å²) in [5, 5.41) is 5.69. The molecule has 0 atom stereocenters. The predicted molar refractivity (Wildman–Crippen MR) is 59.4 cm³/mol. The van der Waals surface area contributed by atoms with Gasteiger partial charge in [0.1, 0.15) is 0 Å². The number of hydrogen-bond acceptors (Lipinski definition) is 5. The van der Waals surface area contributed by atoms with Gasteiger partial charge in [0, 0.05) is 5.69 Å². The van der Waals surface area contributed by atoms with Crippen molar-refractivity contribution in [2.75, 3.05) is 5.73 Å². The highest BCUT2D eigenvalue weighted by molar-refractivity contribution is 7.46. The van der Waals surface area contributed by atoms with Crippen molar-refractivity contribution >= 4 is 24.3 Å². The van der Waals surface area contributed by atoms with Crippen molar-refractivity contribution in [3.8, 4) is 5.88 Å². The van der Waals surface area contributed by atoms with Crippen LogP contribution in [-0.2, 0) is 4.57 Å². The van der Waals surface area contributed by atoms with Gasteiger partial charge in [0.25, 0.3) is 5.56 Å². The van der Waals surface area contributed by atoms with Gasteiger partial charge in [0.05, 0.1) is 10.8 Å². The normalized spacial score (nSPS) is 11.6. The fourth-order valence-corrected chi connectivity index (χ4v) is 1.77. The molecule has 0 aliphatic carbocycles. The summed E-state index contributed by atoms with van der Waals surface area (Å²) in [6.45, 7) is 0. The maximum atomic E-state index is 11.5. The molecule has 2 rings (SSSR count). The van der Waals surface area contributed by atoms with Gasteiger partial charge >= 0.3 is 7.82 Å². The van der Waals surface area contributed by atoms with Gasteiger partial charge in [-0.25, -0.2) is 9.66 Å². The number of rotatable bonds is 2. The summed E-state index contributed by atoms with van der Waals surface area (Å²) < 4.78 is 15.1. The Labute approximate surface area is 94.3 Å². The van der Waals surface area contributed by atoms with E-state index >= 15 is 0 Å². The van der Waals surface area contributed by atoms with Gasteiger partial charge in [-0.15, -0.1) is 5.10 Å². The van der Waals surface area contributed by atoms with Crippen molar-refractivity contribution in [2.45, 2.75) is 0 Å². The Morgan fingerprint density at radius 2 is 2.12 bits per heavy atom. The average Bonchev–Trinajstić information content (AvgIpc) is 2.20. The number of anilines is 1. The zero-order valence-corrected chi connectivity index (χ0v) is 9.22. The second kappa shape index (κ2) is 3.85. The van der Waals surface area contributed by atoms with Crippen molar-refractivity contribution in [2.24, 2.45) is 0 Å². The third kappa shape index (κ3) is 2.28. The van der Waals surface area contributed by atoms with Gasteiger partial charge in [0.2, 0.25) is 5.88 Å². The molecule has 0 saturated heterocycles. The number of aromatic amines is 1. The quantitative estimate of drug-likeness (QED) is 0.437.